The predicted octanol–water partition coefficient (Wildman–Crippen LogP) is 5.95. The molecule has 4 fully saturated rings. The number of rotatable bonds is 8. The number of nitrogens with zero attached hydrogens (tertiary/aromatic N) is 2. The minimum Gasteiger partial charge on any atom is -0.318 e. The lowest BCUT2D eigenvalue weighted by atomic mass is 9.46. The number of oxime groups is 1. The number of hydrogen-bond donors (Lipinski definition) is 2. The first-order valence-electron chi connectivity index (χ1n) is 16.1. The number of hydrogen-bond acceptors (Lipinski definition) is 6. The Hall–Kier alpha value is -1.73. The van der Waals surface area contributed by atoms with Crippen LogP contribution in [0.2, 0.25) is 0 Å². The van der Waals surface area contributed by atoms with Crippen LogP contribution in [-0.2, 0) is 9.63 Å². The summed E-state index contributed by atoms with van der Waals surface area (Å²) in [6, 6.07) is 0.413. The highest BCUT2D eigenvalue weighted by molar-refractivity contribution is 5.91. The van der Waals surface area contributed by atoms with Crippen molar-refractivity contribution in [3.05, 3.63) is 11.6 Å². The van der Waals surface area contributed by atoms with Crippen molar-refractivity contribution in [3.63, 3.8) is 0 Å². The zero-order valence-corrected chi connectivity index (χ0v) is 26.0. The van der Waals surface area contributed by atoms with Crippen molar-refractivity contribution < 1.29 is 14.4 Å². The van der Waals surface area contributed by atoms with E-state index in [4.69, 9.17) is 4.84 Å². The highest BCUT2D eigenvalue weighted by Crippen LogP contribution is 2.66. The molecule has 0 spiro atoms. The van der Waals surface area contributed by atoms with Crippen LogP contribution in [0.1, 0.15) is 98.8 Å². The maximum atomic E-state index is 13.2. The molecular weight excluding hydrogens is 500 g/mol. The monoisotopic (exact) mass is 554 g/mol. The molecule has 1 unspecified atom stereocenters. The Morgan fingerprint density at radius 1 is 1.07 bits per heavy atom. The third kappa shape index (κ3) is 5.42. The molecule has 5 rings (SSSR count). The second-order valence-electron chi connectivity index (χ2n) is 14.9. The smallest absolute Gasteiger partial charge is 0.318 e. The average molecular weight is 555 g/mol. The van der Waals surface area contributed by atoms with E-state index in [1.165, 1.54) is 37.7 Å². The molecule has 0 aromatic carbocycles. The number of likely N-dealkylation sites (N-methyl/N-ethyl adjacent to an activating group) is 1. The largest absolute Gasteiger partial charge is 0.436 e. The van der Waals surface area contributed by atoms with Crippen LogP contribution in [0.15, 0.2) is 16.8 Å². The fourth-order valence-electron chi connectivity index (χ4n) is 9.82. The van der Waals surface area contributed by atoms with E-state index in [9.17, 15) is 9.59 Å². The van der Waals surface area contributed by atoms with Crippen LogP contribution < -0.4 is 10.6 Å². The van der Waals surface area contributed by atoms with E-state index in [1.54, 1.807) is 0 Å². The predicted molar refractivity (Wildman–Crippen MR) is 160 cm³/mol. The SMILES string of the molecule is CNCCN(CCC1NCCC1(C)C)C(=O)O/N=C(\C)[C@H]1CC[C@H]2[C@@H]3CCC4=CC(=O)CC[C@]4(C)[C@H]3CC[C@]12C. The van der Waals surface area contributed by atoms with Crippen LogP contribution in [0.25, 0.3) is 0 Å². The number of carbonyl (C=O) groups excluding carboxylic acids is 2. The average Bonchev–Trinajstić information content (AvgIpc) is 3.45. The zero-order chi connectivity index (χ0) is 28.7. The minimum absolute atomic E-state index is 0.203. The molecule has 0 aromatic rings. The number of carbonyl (C=O) groups is 2. The standard InChI is InChI=1S/C33H54N4O3/c1-22(36-40-30(39)37(20-18-34-6)19-13-29-31(2,3)16-17-35-29)26-9-10-27-25-8-7-23-21-24(38)11-14-32(23,4)28(25)12-15-33(26,27)5/h21,25-29,34-35H,7-20H2,1-6H3/b36-22+/t25-,26+,27-,28-,29?,32-,33+/m0/s1. The van der Waals surface area contributed by atoms with Gasteiger partial charge in [-0.1, -0.05) is 38.4 Å². The molecule has 7 atom stereocenters. The molecule has 0 aromatic heterocycles. The first-order chi connectivity index (χ1) is 19.0. The normalized spacial score (nSPS) is 38.8. The van der Waals surface area contributed by atoms with Crippen LogP contribution in [0.4, 0.5) is 4.79 Å². The van der Waals surface area contributed by atoms with Gasteiger partial charge in [-0.25, -0.2) is 4.79 Å². The minimum atomic E-state index is -0.333. The fraction of sp³-hybridized carbons (Fsp3) is 0.848. The summed E-state index contributed by atoms with van der Waals surface area (Å²) in [6.07, 6.45) is 12.6. The Labute approximate surface area is 242 Å². The van der Waals surface area contributed by atoms with Gasteiger partial charge in [-0.15, -0.1) is 0 Å². The summed E-state index contributed by atoms with van der Waals surface area (Å²) in [5.41, 5.74) is 3.07. The summed E-state index contributed by atoms with van der Waals surface area (Å²) < 4.78 is 0. The van der Waals surface area contributed by atoms with E-state index in [1.807, 2.05) is 18.0 Å². The van der Waals surface area contributed by atoms with Crippen LogP contribution in [0, 0.1) is 39.9 Å². The van der Waals surface area contributed by atoms with Gasteiger partial charge in [0.1, 0.15) is 0 Å². The summed E-state index contributed by atoms with van der Waals surface area (Å²) in [5, 5.41) is 11.3. The number of nitrogens with one attached hydrogen (secondary N) is 2. The van der Waals surface area contributed by atoms with Crippen molar-refractivity contribution in [2.24, 2.45) is 45.1 Å². The van der Waals surface area contributed by atoms with Crippen molar-refractivity contribution in [1.29, 1.82) is 0 Å². The van der Waals surface area contributed by atoms with Gasteiger partial charge in [0.15, 0.2) is 5.78 Å². The molecule has 0 bridgehead atoms. The van der Waals surface area contributed by atoms with E-state index >= 15 is 0 Å². The van der Waals surface area contributed by atoms with Gasteiger partial charge in [0.05, 0.1) is 5.71 Å². The summed E-state index contributed by atoms with van der Waals surface area (Å²) >= 11 is 0. The van der Waals surface area contributed by atoms with E-state index in [0.717, 1.165) is 50.4 Å². The van der Waals surface area contributed by atoms with Crippen molar-refractivity contribution in [2.45, 2.75) is 105 Å². The van der Waals surface area contributed by atoms with E-state index in [0.29, 0.717) is 49.1 Å². The van der Waals surface area contributed by atoms with E-state index < -0.39 is 0 Å². The first-order valence-corrected chi connectivity index (χ1v) is 16.1. The lowest BCUT2D eigenvalue weighted by molar-refractivity contribution is -0.117. The summed E-state index contributed by atoms with van der Waals surface area (Å²) in [4.78, 5) is 32.8. The van der Waals surface area contributed by atoms with Crippen LogP contribution in [0.5, 0.6) is 0 Å². The molecule has 224 valence electrons. The van der Waals surface area contributed by atoms with Crippen LogP contribution >= 0.6 is 0 Å². The summed E-state index contributed by atoms with van der Waals surface area (Å²) in [5.74, 6) is 2.78. The van der Waals surface area contributed by atoms with Crippen LogP contribution in [0.3, 0.4) is 0 Å². The van der Waals surface area contributed by atoms with Crippen molar-refractivity contribution in [1.82, 2.24) is 15.5 Å². The zero-order valence-electron chi connectivity index (χ0n) is 26.0. The van der Waals surface area contributed by atoms with Gasteiger partial charge in [0.2, 0.25) is 0 Å². The van der Waals surface area contributed by atoms with Gasteiger partial charge < -0.3 is 15.5 Å². The van der Waals surface area contributed by atoms with Crippen molar-refractivity contribution in [2.75, 3.05) is 33.2 Å². The maximum absolute atomic E-state index is 13.2. The van der Waals surface area contributed by atoms with Crippen molar-refractivity contribution in [3.8, 4) is 0 Å². The Morgan fingerprint density at radius 3 is 2.60 bits per heavy atom. The first kappa shape index (κ1) is 29.8. The highest BCUT2D eigenvalue weighted by Gasteiger charge is 2.59. The molecule has 5 aliphatic rings. The third-order valence-electron chi connectivity index (χ3n) is 12.4. The number of amides is 1. The van der Waals surface area contributed by atoms with E-state index in [-0.39, 0.29) is 22.3 Å². The maximum Gasteiger partial charge on any atom is 0.436 e. The van der Waals surface area contributed by atoms with Gasteiger partial charge in [0.25, 0.3) is 0 Å². The Morgan fingerprint density at radius 2 is 1.88 bits per heavy atom. The molecule has 1 aliphatic heterocycles. The second kappa shape index (κ2) is 11.5. The third-order valence-corrected chi connectivity index (χ3v) is 12.4. The van der Waals surface area contributed by atoms with E-state index in [2.05, 4.69) is 50.4 Å². The topological polar surface area (TPSA) is 83.0 Å². The number of ketones is 1. The molecule has 4 aliphatic carbocycles. The molecular formula is C33H54N4O3. The highest BCUT2D eigenvalue weighted by atomic mass is 16.7. The molecule has 1 amide bonds. The molecule has 1 saturated heterocycles. The Kier molecular flexibility index (Phi) is 8.56. The van der Waals surface area contributed by atoms with Gasteiger partial charge in [-0.3, -0.25) is 9.63 Å². The molecule has 0 radical (unpaired) electrons. The lowest BCUT2D eigenvalue weighted by Gasteiger charge is -2.58. The molecule has 2 N–H and O–H groups in total. The number of fused-ring (bicyclic) bond motifs is 5. The number of allylic oxidation sites excluding steroid dienone is 1. The molecule has 1 heterocycles. The Bertz CT molecular complexity index is 1040. The van der Waals surface area contributed by atoms with Gasteiger partial charge >= 0.3 is 6.09 Å². The Balaban J connectivity index is 1.23. The van der Waals surface area contributed by atoms with Crippen LogP contribution in [-0.4, -0.2) is 61.8 Å². The fourth-order valence-corrected chi connectivity index (χ4v) is 9.82. The molecule has 7 heteroatoms. The molecule has 40 heavy (non-hydrogen) atoms. The van der Waals surface area contributed by atoms with Crippen molar-refractivity contribution >= 4 is 17.6 Å². The molecule has 7 nitrogen and oxygen atoms in total. The lowest BCUT2D eigenvalue weighted by Crippen LogP contribution is -2.51. The van der Waals surface area contributed by atoms with Gasteiger partial charge in [-0.2, -0.15) is 0 Å². The quantitative estimate of drug-likeness (QED) is 0.220. The van der Waals surface area contributed by atoms with Gasteiger partial charge in [0, 0.05) is 38.0 Å². The second-order valence-corrected chi connectivity index (χ2v) is 14.9. The summed E-state index contributed by atoms with van der Waals surface area (Å²) in [6.45, 7) is 14.7. The van der Waals surface area contributed by atoms with Gasteiger partial charge in [-0.05, 0) is 118 Å². The molecule has 3 saturated carbocycles. The summed E-state index contributed by atoms with van der Waals surface area (Å²) in [7, 11) is 1.91.